The van der Waals surface area contributed by atoms with Crippen molar-refractivity contribution < 1.29 is 33.9 Å². The fraction of sp³-hybridized carbons (Fsp3) is 0.520. The fourth-order valence-corrected chi connectivity index (χ4v) is 3.82. The van der Waals surface area contributed by atoms with Gasteiger partial charge in [0.15, 0.2) is 5.78 Å². The van der Waals surface area contributed by atoms with E-state index in [1.807, 2.05) is 4.90 Å². The molecule has 37 heavy (non-hydrogen) atoms. The first-order valence-electron chi connectivity index (χ1n) is 11.9. The number of carbonyl (C=O) groups is 4. The van der Waals surface area contributed by atoms with E-state index in [1.165, 1.54) is 14.2 Å². The zero-order valence-electron chi connectivity index (χ0n) is 21.7. The Hall–Kier alpha value is -3.80. The van der Waals surface area contributed by atoms with Gasteiger partial charge in [-0.3, -0.25) is 29.1 Å². The second kappa shape index (κ2) is 14.1. The molecule has 2 atom stereocenters. The van der Waals surface area contributed by atoms with Gasteiger partial charge in [-0.15, -0.1) is 0 Å². The number of carboxylic acids is 1. The van der Waals surface area contributed by atoms with Gasteiger partial charge in [-0.1, -0.05) is 19.0 Å². The van der Waals surface area contributed by atoms with Crippen LogP contribution in [-0.4, -0.2) is 92.1 Å². The van der Waals surface area contributed by atoms with Crippen LogP contribution >= 0.6 is 0 Å². The number of hydrogen-bond donors (Lipinski definition) is 3. The first kappa shape index (κ1) is 29.4. The monoisotopic (exact) mass is 517 g/mol. The van der Waals surface area contributed by atoms with Crippen LogP contribution in [0.25, 0.3) is 0 Å². The summed E-state index contributed by atoms with van der Waals surface area (Å²) in [6.45, 7) is 8.35. The van der Waals surface area contributed by atoms with Crippen molar-refractivity contribution in [1.82, 2.24) is 15.5 Å². The predicted molar refractivity (Wildman–Crippen MR) is 137 cm³/mol. The second-order valence-corrected chi connectivity index (χ2v) is 9.00. The maximum absolute atomic E-state index is 13.1. The summed E-state index contributed by atoms with van der Waals surface area (Å²) in [5.74, 6) is -2.36. The topological polar surface area (TPSA) is 159 Å². The maximum Gasteiger partial charge on any atom is 0.305 e. The molecule has 0 spiro atoms. The van der Waals surface area contributed by atoms with E-state index in [9.17, 15) is 24.3 Å². The summed E-state index contributed by atoms with van der Waals surface area (Å²) in [6, 6.07) is 2.83. The zero-order valence-corrected chi connectivity index (χ0v) is 21.7. The number of benzene rings is 1. The Bertz CT molecular complexity index is 1040. The molecule has 0 saturated carbocycles. The van der Waals surface area contributed by atoms with E-state index in [2.05, 4.69) is 27.5 Å². The van der Waals surface area contributed by atoms with Crippen molar-refractivity contribution in [3.05, 3.63) is 29.3 Å². The number of aliphatic imine (C=N–C) groups is 1. The summed E-state index contributed by atoms with van der Waals surface area (Å²) in [7, 11) is 2.99. The zero-order chi connectivity index (χ0) is 27.5. The minimum atomic E-state index is -1.20. The third kappa shape index (κ3) is 8.67. The molecule has 12 heteroatoms. The van der Waals surface area contributed by atoms with Gasteiger partial charge in [-0.25, -0.2) is 0 Å². The Morgan fingerprint density at radius 3 is 2.41 bits per heavy atom. The molecule has 2 rings (SSSR count). The minimum Gasteiger partial charge on any atom is -0.496 e. The minimum absolute atomic E-state index is 0.0706. The molecule has 0 aromatic heterocycles. The highest BCUT2D eigenvalue weighted by atomic mass is 16.6. The van der Waals surface area contributed by atoms with E-state index < -0.39 is 36.3 Å². The first-order valence-corrected chi connectivity index (χ1v) is 11.9. The van der Waals surface area contributed by atoms with Gasteiger partial charge in [0.1, 0.15) is 11.8 Å². The number of oxime groups is 1. The van der Waals surface area contributed by atoms with E-state index in [1.54, 1.807) is 32.0 Å². The number of carboxylic acid groups (broad SMARTS) is 1. The van der Waals surface area contributed by atoms with Crippen molar-refractivity contribution in [1.29, 1.82) is 0 Å². The molecule has 1 aliphatic rings. The lowest BCUT2D eigenvalue weighted by molar-refractivity contribution is -0.141. The van der Waals surface area contributed by atoms with E-state index in [-0.39, 0.29) is 30.6 Å². The van der Waals surface area contributed by atoms with Crippen LogP contribution in [0.15, 0.2) is 28.3 Å². The number of carbonyl (C=O) groups excluding carboxylic acids is 3. The normalized spacial score (nSPS) is 15.2. The van der Waals surface area contributed by atoms with Gasteiger partial charge < -0.3 is 25.3 Å². The quantitative estimate of drug-likeness (QED) is 0.184. The second-order valence-electron chi connectivity index (χ2n) is 9.00. The number of aliphatic carboxylic acids is 1. The molecule has 12 nitrogen and oxygen atoms in total. The lowest BCUT2D eigenvalue weighted by Gasteiger charge is -2.31. The third-order valence-electron chi connectivity index (χ3n) is 5.91. The SMILES string of the molecule is C=NOC(=NC)c1ccc(OC)c(CC(=O)NC(C(=O)NC(CC(=O)O)C(=O)CN2CCC2)C(C)C)c1. The van der Waals surface area contributed by atoms with Gasteiger partial charge in [-0.2, -0.15) is 0 Å². The summed E-state index contributed by atoms with van der Waals surface area (Å²) in [6.07, 6.45) is 0.311. The van der Waals surface area contributed by atoms with Crippen molar-refractivity contribution in [2.75, 3.05) is 33.8 Å². The van der Waals surface area contributed by atoms with Gasteiger partial charge in [-0.05, 0) is 43.6 Å². The average Bonchev–Trinajstić information content (AvgIpc) is 2.82. The number of amides is 2. The van der Waals surface area contributed by atoms with Crippen LogP contribution in [-0.2, 0) is 30.4 Å². The molecule has 3 N–H and O–H groups in total. The highest BCUT2D eigenvalue weighted by molar-refractivity contribution is 5.96. The van der Waals surface area contributed by atoms with Crippen LogP contribution in [0.4, 0.5) is 0 Å². The summed E-state index contributed by atoms with van der Waals surface area (Å²) in [5, 5.41) is 17.9. The summed E-state index contributed by atoms with van der Waals surface area (Å²) < 4.78 is 5.36. The molecule has 0 radical (unpaired) electrons. The molecule has 2 amide bonds. The van der Waals surface area contributed by atoms with E-state index in [0.717, 1.165) is 19.5 Å². The third-order valence-corrected chi connectivity index (χ3v) is 5.91. The van der Waals surface area contributed by atoms with Crippen LogP contribution in [0, 0.1) is 5.92 Å². The molecule has 1 heterocycles. The Morgan fingerprint density at radius 2 is 1.89 bits per heavy atom. The number of ether oxygens (including phenoxy) is 1. The molecule has 1 aliphatic heterocycles. The number of rotatable bonds is 14. The molecule has 1 aromatic rings. The van der Waals surface area contributed by atoms with E-state index in [0.29, 0.717) is 16.9 Å². The molecular weight excluding hydrogens is 482 g/mol. The van der Waals surface area contributed by atoms with Crippen molar-refractivity contribution >= 4 is 36.2 Å². The largest absolute Gasteiger partial charge is 0.496 e. The first-order chi connectivity index (χ1) is 17.6. The Morgan fingerprint density at radius 1 is 1.19 bits per heavy atom. The van der Waals surface area contributed by atoms with Gasteiger partial charge in [0.2, 0.25) is 11.8 Å². The Kier molecular flexibility index (Phi) is 11.2. The molecule has 0 bridgehead atoms. The molecule has 202 valence electrons. The maximum atomic E-state index is 13.1. The molecule has 1 fully saturated rings. The number of hydrogen-bond acceptors (Lipinski definition) is 9. The number of likely N-dealkylation sites (tertiary alicyclic amines) is 1. The number of ketones is 1. The Labute approximate surface area is 216 Å². The Balaban J connectivity index is 2.14. The lowest BCUT2D eigenvalue weighted by Crippen LogP contribution is -2.56. The number of Topliss-reactive ketones (excluding diaryl/α,β-unsaturated/α-hetero) is 1. The fourth-order valence-electron chi connectivity index (χ4n) is 3.82. The van der Waals surface area contributed by atoms with Crippen molar-refractivity contribution in [2.45, 2.75) is 45.2 Å². The van der Waals surface area contributed by atoms with E-state index >= 15 is 0 Å². The van der Waals surface area contributed by atoms with Crippen molar-refractivity contribution in [2.24, 2.45) is 16.1 Å². The molecule has 2 unspecified atom stereocenters. The van der Waals surface area contributed by atoms with Crippen LogP contribution in [0.2, 0.25) is 0 Å². The highest BCUT2D eigenvalue weighted by Crippen LogP contribution is 2.22. The van der Waals surface area contributed by atoms with Gasteiger partial charge in [0.05, 0.1) is 32.5 Å². The summed E-state index contributed by atoms with van der Waals surface area (Å²) in [5.41, 5.74) is 1.07. The van der Waals surface area contributed by atoms with Gasteiger partial charge in [0, 0.05) is 24.9 Å². The molecule has 1 saturated heterocycles. The highest BCUT2D eigenvalue weighted by Gasteiger charge is 2.31. The van der Waals surface area contributed by atoms with Crippen LogP contribution in [0.5, 0.6) is 5.75 Å². The average molecular weight is 518 g/mol. The molecular formula is C25H35N5O7. The molecule has 1 aromatic carbocycles. The smallest absolute Gasteiger partial charge is 0.305 e. The van der Waals surface area contributed by atoms with Crippen molar-refractivity contribution in [3.63, 3.8) is 0 Å². The number of nitrogens with zero attached hydrogens (tertiary/aromatic N) is 3. The molecule has 0 aliphatic carbocycles. The van der Waals surface area contributed by atoms with E-state index in [4.69, 9.17) is 9.57 Å². The number of methoxy groups -OCH3 is 1. The number of nitrogens with one attached hydrogen (secondary N) is 2. The van der Waals surface area contributed by atoms with Crippen LogP contribution in [0.1, 0.15) is 37.8 Å². The van der Waals surface area contributed by atoms with Crippen LogP contribution < -0.4 is 15.4 Å². The standard InChI is InChI=1S/C25H35N5O7/c1-15(2)23(24(35)28-18(13-22(33)34)19(31)14-30-9-6-10-30)29-21(32)12-17-11-16(7-8-20(17)36-5)25(26-3)37-27-4/h7-8,11,15,18,23H,4,6,9-10,12-14H2,1-3,5H3,(H,28,35)(H,29,32)(H,33,34). The predicted octanol–water partition coefficient (Wildman–Crippen LogP) is 0.621. The van der Waals surface area contributed by atoms with Crippen molar-refractivity contribution in [3.8, 4) is 5.75 Å². The van der Waals surface area contributed by atoms with Crippen LogP contribution in [0.3, 0.4) is 0 Å². The summed E-state index contributed by atoms with van der Waals surface area (Å²) in [4.78, 5) is 60.9. The van der Waals surface area contributed by atoms with Gasteiger partial charge in [0.25, 0.3) is 5.90 Å². The lowest BCUT2D eigenvalue weighted by atomic mass is 10.00. The summed E-state index contributed by atoms with van der Waals surface area (Å²) >= 11 is 0. The van der Waals surface area contributed by atoms with Gasteiger partial charge >= 0.3 is 5.97 Å².